The Kier molecular flexibility index (Phi) is 19.8. The summed E-state index contributed by atoms with van der Waals surface area (Å²) in [5.74, 6) is 0. The molecule has 0 radical (unpaired) electrons. The van der Waals surface area contributed by atoms with E-state index in [0.29, 0.717) is 0 Å². The Bertz CT molecular complexity index is 230. The number of carbonyl (C=O) groups is 2. The minimum absolute atomic E-state index is 0.764. The lowest BCUT2D eigenvalue weighted by Crippen LogP contribution is -1.56. The zero-order valence-electron chi connectivity index (χ0n) is 10.0. The standard InChI is InChI=1S/2C7H10O/c2*1-2-3-4-5-6-7-8/h2*3-7H,2H2,1H3/b4-3+,6-5+;. The highest BCUT2D eigenvalue weighted by Crippen LogP contribution is 1.79. The second-order valence-corrected chi connectivity index (χ2v) is 2.71. The van der Waals surface area contributed by atoms with Crippen molar-refractivity contribution in [2.75, 3.05) is 0 Å². The van der Waals surface area contributed by atoms with Gasteiger partial charge in [0.25, 0.3) is 0 Å². The summed E-state index contributed by atoms with van der Waals surface area (Å²) in [6.45, 7) is 4.09. The summed E-state index contributed by atoms with van der Waals surface area (Å²) < 4.78 is 0. The van der Waals surface area contributed by atoms with E-state index in [0.717, 1.165) is 25.4 Å². The van der Waals surface area contributed by atoms with Gasteiger partial charge in [0.2, 0.25) is 0 Å². The van der Waals surface area contributed by atoms with Crippen molar-refractivity contribution in [1.29, 1.82) is 0 Å². The molecule has 0 bridgehead atoms. The van der Waals surface area contributed by atoms with Crippen LogP contribution in [0.25, 0.3) is 0 Å². The highest BCUT2D eigenvalue weighted by molar-refractivity contribution is 5.65. The van der Waals surface area contributed by atoms with Crippen LogP contribution in [0.4, 0.5) is 0 Å². The van der Waals surface area contributed by atoms with Crippen LogP contribution in [0.5, 0.6) is 0 Å². The molecule has 0 aliphatic heterocycles. The third kappa shape index (κ3) is 22.8. The molecule has 0 atom stereocenters. The molecule has 88 valence electrons. The van der Waals surface area contributed by atoms with Crippen LogP contribution in [0.15, 0.2) is 48.6 Å². The van der Waals surface area contributed by atoms with Crippen LogP contribution in [-0.2, 0) is 9.59 Å². The van der Waals surface area contributed by atoms with E-state index in [1.165, 1.54) is 12.2 Å². The molecule has 0 N–H and O–H groups in total. The quantitative estimate of drug-likeness (QED) is 0.390. The van der Waals surface area contributed by atoms with Crippen LogP contribution in [0, 0.1) is 0 Å². The fraction of sp³-hybridized carbons (Fsp3) is 0.286. The van der Waals surface area contributed by atoms with E-state index in [2.05, 4.69) is 0 Å². The average molecular weight is 220 g/mol. The van der Waals surface area contributed by atoms with Gasteiger partial charge in [0.05, 0.1) is 0 Å². The first-order chi connectivity index (χ1) is 7.83. The van der Waals surface area contributed by atoms with E-state index >= 15 is 0 Å². The van der Waals surface area contributed by atoms with E-state index < -0.39 is 0 Å². The summed E-state index contributed by atoms with van der Waals surface area (Å²) in [6.07, 6.45) is 17.6. The highest BCUT2D eigenvalue weighted by Gasteiger charge is 1.61. The molecule has 0 saturated carbocycles. The minimum atomic E-state index is 0.764. The van der Waals surface area contributed by atoms with Crippen molar-refractivity contribution in [2.24, 2.45) is 0 Å². The molecule has 0 saturated heterocycles. The maximum absolute atomic E-state index is 9.65. The van der Waals surface area contributed by atoms with Crippen LogP contribution >= 0.6 is 0 Å². The maximum atomic E-state index is 9.65. The second-order valence-electron chi connectivity index (χ2n) is 2.71. The van der Waals surface area contributed by atoms with Gasteiger partial charge in [-0.1, -0.05) is 50.3 Å². The van der Waals surface area contributed by atoms with E-state index in [1.54, 1.807) is 12.2 Å². The molecular weight excluding hydrogens is 200 g/mol. The number of rotatable bonds is 6. The fourth-order valence-corrected chi connectivity index (χ4v) is 0.648. The lowest BCUT2D eigenvalue weighted by atomic mass is 10.4. The zero-order valence-corrected chi connectivity index (χ0v) is 10.0. The Balaban J connectivity index is 0. The number of carbonyl (C=O) groups excluding carboxylic acids is 2. The Morgan fingerprint density at radius 1 is 0.625 bits per heavy atom. The van der Waals surface area contributed by atoms with E-state index in [1.807, 2.05) is 38.2 Å². The summed E-state index contributed by atoms with van der Waals surface area (Å²) >= 11 is 0. The molecular formula is C14H20O2. The predicted molar refractivity (Wildman–Crippen MR) is 69.3 cm³/mol. The number of hydrogen-bond acceptors (Lipinski definition) is 2. The largest absolute Gasteiger partial charge is 0.299 e. The second kappa shape index (κ2) is 19.0. The van der Waals surface area contributed by atoms with Crippen molar-refractivity contribution in [3.8, 4) is 0 Å². The van der Waals surface area contributed by atoms with Crippen LogP contribution in [-0.4, -0.2) is 12.6 Å². The molecule has 0 rings (SSSR count). The summed E-state index contributed by atoms with van der Waals surface area (Å²) in [5, 5.41) is 0. The molecule has 0 aromatic heterocycles. The molecule has 0 heterocycles. The van der Waals surface area contributed by atoms with Gasteiger partial charge in [-0.15, -0.1) is 0 Å². The van der Waals surface area contributed by atoms with Gasteiger partial charge in [-0.2, -0.15) is 0 Å². The first kappa shape index (κ1) is 16.7. The fourth-order valence-electron chi connectivity index (χ4n) is 0.648. The molecule has 2 heteroatoms. The predicted octanol–water partition coefficient (Wildman–Crippen LogP) is 3.42. The van der Waals surface area contributed by atoms with E-state index in [-0.39, 0.29) is 0 Å². The summed E-state index contributed by atoms with van der Waals surface area (Å²) in [7, 11) is 0. The molecule has 0 aliphatic carbocycles. The van der Waals surface area contributed by atoms with Crippen molar-refractivity contribution in [1.82, 2.24) is 0 Å². The molecule has 0 aromatic rings. The Morgan fingerprint density at radius 2 is 1.00 bits per heavy atom. The molecule has 2 nitrogen and oxygen atoms in total. The van der Waals surface area contributed by atoms with Crippen molar-refractivity contribution in [3.05, 3.63) is 48.6 Å². The Labute approximate surface area is 98.1 Å². The Morgan fingerprint density at radius 3 is 1.25 bits per heavy atom. The summed E-state index contributed by atoms with van der Waals surface area (Å²) in [4.78, 5) is 19.3. The van der Waals surface area contributed by atoms with Crippen molar-refractivity contribution >= 4 is 12.6 Å². The van der Waals surface area contributed by atoms with Crippen LogP contribution < -0.4 is 0 Å². The van der Waals surface area contributed by atoms with Gasteiger partial charge in [0, 0.05) is 0 Å². The maximum Gasteiger partial charge on any atom is 0.142 e. The van der Waals surface area contributed by atoms with Crippen molar-refractivity contribution < 1.29 is 9.59 Å². The normalized spacial score (nSPS) is 11.1. The first-order valence-electron chi connectivity index (χ1n) is 5.37. The average Bonchev–Trinajstić information content (AvgIpc) is 2.31. The topological polar surface area (TPSA) is 34.1 Å². The van der Waals surface area contributed by atoms with Crippen LogP contribution in [0.1, 0.15) is 26.7 Å². The van der Waals surface area contributed by atoms with Crippen LogP contribution in [0.2, 0.25) is 0 Å². The van der Waals surface area contributed by atoms with Crippen molar-refractivity contribution in [2.45, 2.75) is 26.7 Å². The lowest BCUT2D eigenvalue weighted by Gasteiger charge is -1.70. The third-order valence-corrected chi connectivity index (χ3v) is 1.35. The van der Waals surface area contributed by atoms with Gasteiger partial charge < -0.3 is 0 Å². The molecule has 16 heavy (non-hydrogen) atoms. The molecule has 0 aliphatic rings. The molecule has 0 aromatic carbocycles. The van der Waals surface area contributed by atoms with Gasteiger partial charge in [-0.25, -0.2) is 0 Å². The molecule has 0 amide bonds. The number of allylic oxidation sites excluding steroid dienone is 8. The van der Waals surface area contributed by atoms with Crippen molar-refractivity contribution in [3.63, 3.8) is 0 Å². The zero-order chi connectivity index (χ0) is 12.5. The number of hydrogen-bond donors (Lipinski definition) is 0. The van der Waals surface area contributed by atoms with E-state index in [4.69, 9.17) is 0 Å². The monoisotopic (exact) mass is 220 g/mol. The Hall–Kier alpha value is -1.70. The molecule has 0 unspecified atom stereocenters. The summed E-state index contributed by atoms with van der Waals surface area (Å²) in [5.41, 5.74) is 0. The SMILES string of the molecule is CC/C=C/C=C/C=O.CCC=CC=CC=O. The highest BCUT2D eigenvalue weighted by atomic mass is 16.1. The first-order valence-corrected chi connectivity index (χ1v) is 5.37. The van der Waals surface area contributed by atoms with Crippen LogP contribution in [0.3, 0.4) is 0 Å². The minimum Gasteiger partial charge on any atom is -0.299 e. The smallest absolute Gasteiger partial charge is 0.142 e. The van der Waals surface area contributed by atoms with Gasteiger partial charge in [-0.05, 0) is 25.0 Å². The third-order valence-electron chi connectivity index (χ3n) is 1.35. The lowest BCUT2D eigenvalue weighted by molar-refractivity contribution is -0.104. The molecule has 0 fully saturated rings. The summed E-state index contributed by atoms with van der Waals surface area (Å²) in [6, 6.07) is 0. The van der Waals surface area contributed by atoms with Gasteiger partial charge in [-0.3, -0.25) is 9.59 Å². The molecule has 0 spiro atoms. The number of aldehydes is 2. The van der Waals surface area contributed by atoms with Gasteiger partial charge in [0.15, 0.2) is 0 Å². The van der Waals surface area contributed by atoms with Gasteiger partial charge in [0.1, 0.15) is 12.6 Å². The van der Waals surface area contributed by atoms with Gasteiger partial charge >= 0.3 is 0 Å². The van der Waals surface area contributed by atoms with E-state index in [9.17, 15) is 9.59 Å².